The maximum Gasteiger partial charge on any atom is 0.308 e. The lowest BCUT2D eigenvalue weighted by atomic mass is 9.87. The van der Waals surface area contributed by atoms with Gasteiger partial charge in [-0.3, -0.25) is 4.79 Å². The van der Waals surface area contributed by atoms with Crippen molar-refractivity contribution < 1.29 is 18.3 Å². The molecule has 2 heterocycles. The van der Waals surface area contributed by atoms with Crippen molar-refractivity contribution in [2.24, 2.45) is 11.8 Å². The van der Waals surface area contributed by atoms with Gasteiger partial charge in [-0.15, -0.1) is 0 Å². The molecule has 3 aliphatic rings. The number of carboxylic acid groups (broad SMARTS) is 1. The standard InChI is InChI=1S/C12H19NO4S/c14-12(15)10-6-9-4-5-11(10)13(9)18(16,17)7-8-2-1-3-8/h8-11H,1-7H2,(H,14,15). The van der Waals surface area contributed by atoms with Crippen LogP contribution in [0, 0.1) is 11.8 Å². The Morgan fingerprint density at radius 3 is 2.44 bits per heavy atom. The van der Waals surface area contributed by atoms with Crippen LogP contribution in [0.15, 0.2) is 0 Å². The molecule has 2 saturated heterocycles. The molecule has 0 amide bonds. The van der Waals surface area contributed by atoms with E-state index < -0.39 is 21.9 Å². The van der Waals surface area contributed by atoms with Crippen molar-refractivity contribution in [3.05, 3.63) is 0 Å². The van der Waals surface area contributed by atoms with E-state index in [2.05, 4.69) is 0 Å². The molecule has 1 aliphatic carbocycles. The van der Waals surface area contributed by atoms with Gasteiger partial charge in [0.1, 0.15) is 0 Å². The van der Waals surface area contributed by atoms with Gasteiger partial charge in [0.25, 0.3) is 0 Å². The van der Waals surface area contributed by atoms with Crippen molar-refractivity contribution in [3.63, 3.8) is 0 Å². The Bertz CT molecular complexity index is 457. The second kappa shape index (κ2) is 4.20. The lowest BCUT2D eigenvalue weighted by Gasteiger charge is -2.29. The number of nitrogens with zero attached hydrogens (tertiary/aromatic N) is 1. The van der Waals surface area contributed by atoms with Crippen LogP contribution in [-0.4, -0.2) is 41.6 Å². The Balaban J connectivity index is 1.78. The molecule has 1 saturated carbocycles. The van der Waals surface area contributed by atoms with Crippen LogP contribution in [0.5, 0.6) is 0 Å². The average molecular weight is 273 g/mol. The number of hydrogen-bond acceptors (Lipinski definition) is 3. The Hall–Kier alpha value is -0.620. The highest BCUT2D eigenvalue weighted by atomic mass is 32.2. The molecule has 102 valence electrons. The van der Waals surface area contributed by atoms with Crippen molar-refractivity contribution >= 4 is 16.0 Å². The Morgan fingerprint density at radius 2 is 1.94 bits per heavy atom. The van der Waals surface area contributed by atoms with Crippen LogP contribution >= 0.6 is 0 Å². The molecule has 3 fully saturated rings. The van der Waals surface area contributed by atoms with Gasteiger partial charge >= 0.3 is 5.97 Å². The van der Waals surface area contributed by atoms with Gasteiger partial charge in [-0.2, -0.15) is 4.31 Å². The summed E-state index contributed by atoms with van der Waals surface area (Å²) in [6.45, 7) is 0. The van der Waals surface area contributed by atoms with E-state index in [4.69, 9.17) is 5.11 Å². The fourth-order valence-electron chi connectivity index (χ4n) is 3.68. The van der Waals surface area contributed by atoms with Gasteiger partial charge in [-0.25, -0.2) is 8.42 Å². The summed E-state index contributed by atoms with van der Waals surface area (Å²) in [6, 6.07) is -0.334. The molecule has 18 heavy (non-hydrogen) atoms. The first-order valence-corrected chi connectivity index (χ1v) is 8.34. The first kappa shape index (κ1) is 12.4. The fourth-order valence-corrected chi connectivity index (χ4v) is 6.09. The number of rotatable bonds is 4. The highest BCUT2D eigenvalue weighted by Crippen LogP contribution is 2.44. The third-order valence-corrected chi connectivity index (χ3v) is 6.89. The SMILES string of the molecule is O=C(O)C1CC2CCC1N2S(=O)(=O)CC1CCC1. The molecule has 1 N–H and O–H groups in total. The van der Waals surface area contributed by atoms with Crippen molar-refractivity contribution in [2.75, 3.05) is 5.75 Å². The van der Waals surface area contributed by atoms with E-state index in [0.717, 1.165) is 25.7 Å². The molecule has 0 radical (unpaired) electrons. The van der Waals surface area contributed by atoms with Crippen LogP contribution in [0.25, 0.3) is 0 Å². The maximum absolute atomic E-state index is 12.4. The number of fused-ring (bicyclic) bond motifs is 2. The predicted octanol–water partition coefficient (Wildman–Crippen LogP) is 1.05. The van der Waals surface area contributed by atoms with Crippen molar-refractivity contribution in [3.8, 4) is 0 Å². The quantitative estimate of drug-likeness (QED) is 0.831. The highest BCUT2D eigenvalue weighted by molar-refractivity contribution is 7.89. The molecule has 3 unspecified atom stereocenters. The summed E-state index contributed by atoms with van der Waals surface area (Å²) in [6.07, 6.45) is 5.19. The lowest BCUT2D eigenvalue weighted by molar-refractivity contribution is -0.142. The lowest BCUT2D eigenvalue weighted by Crippen LogP contribution is -2.41. The number of sulfonamides is 1. The molecule has 0 spiro atoms. The zero-order chi connectivity index (χ0) is 12.9. The molecule has 3 rings (SSSR count). The molecule has 0 aromatic carbocycles. The smallest absolute Gasteiger partial charge is 0.308 e. The minimum atomic E-state index is -3.25. The van der Waals surface area contributed by atoms with Gasteiger partial charge in [-0.1, -0.05) is 6.42 Å². The van der Waals surface area contributed by atoms with Crippen molar-refractivity contribution in [1.29, 1.82) is 0 Å². The molecule has 5 nitrogen and oxygen atoms in total. The highest BCUT2D eigenvalue weighted by Gasteiger charge is 2.54. The van der Waals surface area contributed by atoms with E-state index in [1.807, 2.05) is 0 Å². The van der Waals surface area contributed by atoms with Crippen LogP contribution in [0.3, 0.4) is 0 Å². The molecular weight excluding hydrogens is 254 g/mol. The summed E-state index contributed by atoms with van der Waals surface area (Å²) >= 11 is 0. The van der Waals surface area contributed by atoms with Gasteiger partial charge in [-0.05, 0) is 38.0 Å². The van der Waals surface area contributed by atoms with Crippen LogP contribution in [0.4, 0.5) is 0 Å². The first-order chi connectivity index (χ1) is 8.49. The second-order valence-corrected chi connectivity index (χ2v) is 7.80. The zero-order valence-corrected chi connectivity index (χ0v) is 11.1. The number of hydrogen-bond donors (Lipinski definition) is 1. The van der Waals surface area contributed by atoms with Gasteiger partial charge < -0.3 is 5.11 Å². The second-order valence-electron chi connectivity index (χ2n) is 5.88. The molecule has 0 aromatic heterocycles. The molecule has 6 heteroatoms. The topological polar surface area (TPSA) is 74.7 Å². The van der Waals surface area contributed by atoms with Gasteiger partial charge in [0.15, 0.2) is 0 Å². The molecule has 2 bridgehead atoms. The zero-order valence-electron chi connectivity index (χ0n) is 10.3. The van der Waals surface area contributed by atoms with Gasteiger partial charge in [0.05, 0.1) is 11.7 Å². The summed E-state index contributed by atoms with van der Waals surface area (Å²) in [5.74, 6) is -0.795. The molecule has 2 aliphatic heterocycles. The van der Waals surface area contributed by atoms with E-state index in [1.54, 1.807) is 4.31 Å². The number of carbonyl (C=O) groups is 1. The normalized spacial score (nSPS) is 36.8. The van der Waals surface area contributed by atoms with E-state index in [1.165, 1.54) is 0 Å². The largest absolute Gasteiger partial charge is 0.481 e. The monoisotopic (exact) mass is 273 g/mol. The summed E-state index contributed by atoms with van der Waals surface area (Å²) in [4.78, 5) is 11.1. The van der Waals surface area contributed by atoms with E-state index in [0.29, 0.717) is 18.8 Å². The fraction of sp³-hybridized carbons (Fsp3) is 0.917. The Morgan fingerprint density at radius 1 is 1.22 bits per heavy atom. The Kier molecular flexibility index (Phi) is 2.90. The van der Waals surface area contributed by atoms with Crippen LogP contribution in [-0.2, 0) is 14.8 Å². The molecule has 0 aromatic rings. The van der Waals surface area contributed by atoms with Crippen molar-refractivity contribution in [1.82, 2.24) is 4.31 Å². The first-order valence-electron chi connectivity index (χ1n) is 6.73. The summed E-state index contributed by atoms with van der Waals surface area (Å²) in [5, 5.41) is 9.14. The average Bonchev–Trinajstić information content (AvgIpc) is 2.81. The summed E-state index contributed by atoms with van der Waals surface area (Å²) in [7, 11) is -3.25. The van der Waals surface area contributed by atoms with Crippen LogP contribution < -0.4 is 0 Å². The summed E-state index contributed by atoms with van der Waals surface area (Å²) in [5.41, 5.74) is 0. The third-order valence-electron chi connectivity index (χ3n) is 4.78. The number of carboxylic acids is 1. The third kappa shape index (κ3) is 1.86. The molecule has 3 atom stereocenters. The summed E-state index contributed by atoms with van der Waals surface area (Å²) < 4.78 is 26.3. The van der Waals surface area contributed by atoms with Gasteiger partial charge in [0.2, 0.25) is 10.0 Å². The van der Waals surface area contributed by atoms with Crippen LogP contribution in [0.1, 0.15) is 38.5 Å². The van der Waals surface area contributed by atoms with Crippen LogP contribution in [0.2, 0.25) is 0 Å². The van der Waals surface area contributed by atoms with E-state index in [-0.39, 0.29) is 17.8 Å². The molecular formula is C12H19NO4S. The van der Waals surface area contributed by atoms with Crippen molar-refractivity contribution in [2.45, 2.75) is 50.6 Å². The Labute approximate surface area is 107 Å². The number of aliphatic carboxylic acids is 1. The maximum atomic E-state index is 12.4. The minimum Gasteiger partial charge on any atom is -0.481 e. The van der Waals surface area contributed by atoms with Gasteiger partial charge in [0, 0.05) is 12.1 Å². The minimum absolute atomic E-state index is 0.0545. The predicted molar refractivity (Wildman–Crippen MR) is 65.5 cm³/mol. The van der Waals surface area contributed by atoms with E-state index in [9.17, 15) is 13.2 Å². The van der Waals surface area contributed by atoms with E-state index >= 15 is 0 Å².